The molecule has 20 heavy (non-hydrogen) atoms. The van der Waals surface area contributed by atoms with Crippen LogP contribution in [0.4, 0.5) is 0 Å². The van der Waals surface area contributed by atoms with Crippen molar-refractivity contribution >= 4 is 0 Å². The van der Waals surface area contributed by atoms with Gasteiger partial charge in [-0.2, -0.15) is 0 Å². The van der Waals surface area contributed by atoms with Crippen LogP contribution in [0.5, 0.6) is 0 Å². The van der Waals surface area contributed by atoms with Crippen molar-refractivity contribution in [3.05, 3.63) is 35.9 Å². The maximum atomic E-state index is 10.1. The Morgan fingerprint density at radius 3 is 2.70 bits per heavy atom. The van der Waals surface area contributed by atoms with Crippen LogP contribution in [0.2, 0.25) is 0 Å². The topological polar surface area (TPSA) is 32.7 Å². The van der Waals surface area contributed by atoms with Crippen molar-refractivity contribution in [2.75, 3.05) is 13.1 Å². The predicted molar refractivity (Wildman–Crippen MR) is 79.5 cm³/mol. The van der Waals surface area contributed by atoms with Crippen molar-refractivity contribution in [1.82, 2.24) is 4.90 Å². The van der Waals surface area contributed by atoms with Crippen LogP contribution in [-0.4, -0.2) is 41.3 Å². The molecule has 1 aromatic rings. The van der Waals surface area contributed by atoms with Gasteiger partial charge in [-0.25, -0.2) is 0 Å². The first-order valence-electron chi connectivity index (χ1n) is 7.90. The lowest BCUT2D eigenvalue weighted by atomic mass is 9.91. The molecular formula is C17H25NO2. The number of hydrogen-bond donors (Lipinski definition) is 1. The minimum Gasteiger partial charge on any atom is -0.391 e. The van der Waals surface area contributed by atoms with Crippen LogP contribution in [0.3, 0.4) is 0 Å². The molecule has 3 nitrogen and oxygen atoms in total. The van der Waals surface area contributed by atoms with E-state index in [1.807, 2.05) is 6.07 Å². The standard InChI is InChI=1S/C17H25NO2/c19-17-9-5-4-8-16(17)18-11-10-15(12-18)20-13-14-6-2-1-3-7-14/h1-3,6-7,15-17,19H,4-5,8-13H2/t15-,16+,17+/m0/s1. The smallest absolute Gasteiger partial charge is 0.0721 e. The summed E-state index contributed by atoms with van der Waals surface area (Å²) in [6.45, 7) is 2.75. The summed E-state index contributed by atoms with van der Waals surface area (Å²) in [6, 6.07) is 10.7. The van der Waals surface area contributed by atoms with Gasteiger partial charge in [0.25, 0.3) is 0 Å². The molecule has 1 saturated carbocycles. The fourth-order valence-electron chi connectivity index (χ4n) is 3.50. The number of aliphatic hydroxyl groups excluding tert-OH is 1. The quantitative estimate of drug-likeness (QED) is 0.916. The zero-order valence-electron chi connectivity index (χ0n) is 12.1. The normalized spacial score (nSPS) is 31.6. The highest BCUT2D eigenvalue weighted by Gasteiger charge is 2.33. The van der Waals surface area contributed by atoms with Crippen LogP contribution in [0.1, 0.15) is 37.7 Å². The third-order valence-corrected chi connectivity index (χ3v) is 4.67. The molecule has 0 aromatic heterocycles. The monoisotopic (exact) mass is 275 g/mol. The number of hydrogen-bond acceptors (Lipinski definition) is 3. The zero-order chi connectivity index (χ0) is 13.8. The van der Waals surface area contributed by atoms with Gasteiger partial charge in [0.1, 0.15) is 0 Å². The number of nitrogens with zero attached hydrogens (tertiary/aromatic N) is 1. The van der Waals surface area contributed by atoms with Crippen molar-refractivity contribution < 1.29 is 9.84 Å². The Bertz CT molecular complexity index is 409. The van der Waals surface area contributed by atoms with Gasteiger partial charge in [-0.3, -0.25) is 4.90 Å². The van der Waals surface area contributed by atoms with Gasteiger partial charge in [0.05, 0.1) is 18.8 Å². The molecule has 1 aromatic carbocycles. The summed E-state index contributed by atoms with van der Waals surface area (Å²) in [5, 5.41) is 10.1. The first-order chi connectivity index (χ1) is 9.83. The molecule has 0 amide bonds. The molecule has 110 valence electrons. The van der Waals surface area contributed by atoms with E-state index >= 15 is 0 Å². The van der Waals surface area contributed by atoms with Crippen LogP contribution < -0.4 is 0 Å². The van der Waals surface area contributed by atoms with Crippen molar-refractivity contribution in [2.45, 2.75) is 57.0 Å². The molecule has 0 radical (unpaired) electrons. The molecule has 2 aliphatic rings. The Morgan fingerprint density at radius 1 is 1.10 bits per heavy atom. The Morgan fingerprint density at radius 2 is 1.90 bits per heavy atom. The molecule has 2 fully saturated rings. The van der Waals surface area contributed by atoms with Crippen molar-refractivity contribution in [3.8, 4) is 0 Å². The lowest BCUT2D eigenvalue weighted by molar-refractivity contribution is 0.00967. The van der Waals surface area contributed by atoms with Crippen LogP contribution in [0, 0.1) is 0 Å². The van der Waals surface area contributed by atoms with E-state index in [0.717, 1.165) is 32.4 Å². The number of rotatable bonds is 4. The summed E-state index contributed by atoms with van der Waals surface area (Å²) < 4.78 is 6.02. The highest BCUT2D eigenvalue weighted by Crippen LogP contribution is 2.27. The average Bonchev–Trinajstić information content (AvgIpc) is 2.95. The molecule has 0 bridgehead atoms. The minimum atomic E-state index is -0.128. The highest BCUT2D eigenvalue weighted by molar-refractivity contribution is 5.13. The summed E-state index contributed by atoms with van der Waals surface area (Å²) >= 11 is 0. The molecule has 0 spiro atoms. The van der Waals surface area contributed by atoms with Crippen LogP contribution in [0.25, 0.3) is 0 Å². The molecular weight excluding hydrogens is 250 g/mol. The lowest BCUT2D eigenvalue weighted by Gasteiger charge is -2.35. The second-order valence-electron chi connectivity index (χ2n) is 6.12. The molecule has 3 rings (SSSR count). The molecule has 1 N–H and O–H groups in total. The van der Waals surface area contributed by atoms with E-state index in [-0.39, 0.29) is 6.10 Å². The summed E-state index contributed by atoms with van der Waals surface area (Å²) in [4.78, 5) is 2.44. The zero-order valence-corrected chi connectivity index (χ0v) is 12.1. The van der Waals surface area contributed by atoms with Crippen LogP contribution >= 0.6 is 0 Å². The van der Waals surface area contributed by atoms with Crippen molar-refractivity contribution in [2.24, 2.45) is 0 Å². The van der Waals surface area contributed by atoms with Crippen LogP contribution in [-0.2, 0) is 11.3 Å². The largest absolute Gasteiger partial charge is 0.391 e. The number of aliphatic hydroxyl groups is 1. The van der Waals surface area contributed by atoms with Gasteiger partial charge in [-0.1, -0.05) is 43.2 Å². The summed E-state index contributed by atoms with van der Waals surface area (Å²) in [5.41, 5.74) is 1.24. The Kier molecular flexibility index (Phi) is 4.71. The van der Waals surface area contributed by atoms with Gasteiger partial charge in [0.2, 0.25) is 0 Å². The predicted octanol–water partition coefficient (Wildman–Crippen LogP) is 2.58. The van der Waals surface area contributed by atoms with E-state index < -0.39 is 0 Å². The first-order valence-corrected chi connectivity index (χ1v) is 7.90. The number of ether oxygens (including phenoxy) is 1. The van der Waals surface area contributed by atoms with E-state index in [9.17, 15) is 5.11 Å². The molecule has 1 saturated heterocycles. The second-order valence-corrected chi connectivity index (χ2v) is 6.12. The van der Waals surface area contributed by atoms with Gasteiger partial charge in [-0.15, -0.1) is 0 Å². The molecule has 1 heterocycles. The highest BCUT2D eigenvalue weighted by atomic mass is 16.5. The van der Waals surface area contributed by atoms with Gasteiger partial charge < -0.3 is 9.84 Å². The number of benzene rings is 1. The summed E-state index contributed by atoms with van der Waals surface area (Å²) in [6.07, 6.45) is 5.84. The Labute approximate surface area is 121 Å². The molecule has 1 aliphatic heterocycles. The second kappa shape index (κ2) is 6.70. The van der Waals surface area contributed by atoms with Crippen molar-refractivity contribution in [3.63, 3.8) is 0 Å². The molecule has 0 unspecified atom stereocenters. The van der Waals surface area contributed by atoms with Crippen LogP contribution in [0.15, 0.2) is 30.3 Å². The van der Waals surface area contributed by atoms with E-state index in [2.05, 4.69) is 29.2 Å². The van der Waals surface area contributed by atoms with E-state index in [1.165, 1.54) is 18.4 Å². The van der Waals surface area contributed by atoms with Crippen molar-refractivity contribution in [1.29, 1.82) is 0 Å². The Balaban J connectivity index is 1.47. The fraction of sp³-hybridized carbons (Fsp3) is 0.647. The SMILES string of the molecule is O[C@@H]1CCCC[C@H]1N1CC[C@H](OCc2ccccc2)C1. The van der Waals surface area contributed by atoms with E-state index in [0.29, 0.717) is 18.8 Å². The van der Waals surface area contributed by atoms with Gasteiger partial charge in [0, 0.05) is 19.1 Å². The summed E-state index contributed by atoms with van der Waals surface area (Å²) in [5.74, 6) is 0. The first kappa shape index (κ1) is 14.1. The van der Waals surface area contributed by atoms with Gasteiger partial charge >= 0.3 is 0 Å². The maximum absolute atomic E-state index is 10.1. The van der Waals surface area contributed by atoms with Gasteiger partial charge in [-0.05, 0) is 24.8 Å². The summed E-state index contributed by atoms with van der Waals surface area (Å²) in [7, 11) is 0. The molecule has 3 heteroatoms. The van der Waals surface area contributed by atoms with E-state index in [1.54, 1.807) is 0 Å². The Hall–Kier alpha value is -0.900. The van der Waals surface area contributed by atoms with E-state index in [4.69, 9.17) is 4.74 Å². The third kappa shape index (κ3) is 3.40. The minimum absolute atomic E-state index is 0.128. The average molecular weight is 275 g/mol. The molecule has 3 atom stereocenters. The lowest BCUT2D eigenvalue weighted by Crippen LogP contribution is -2.44. The maximum Gasteiger partial charge on any atom is 0.0721 e. The van der Waals surface area contributed by atoms with Gasteiger partial charge in [0.15, 0.2) is 0 Å². The fourth-order valence-corrected chi connectivity index (χ4v) is 3.50. The number of likely N-dealkylation sites (tertiary alicyclic amines) is 1. The molecule has 1 aliphatic carbocycles. The third-order valence-electron chi connectivity index (χ3n) is 4.67.